The molecule has 3 amide bonds. The summed E-state index contributed by atoms with van der Waals surface area (Å²) in [4.78, 5) is 23.2. The number of halogens is 1. The molecular formula is C16H20FN3O4S. The van der Waals surface area contributed by atoms with Crippen molar-refractivity contribution in [1.29, 1.82) is 0 Å². The number of hydrogen-bond donors (Lipinski definition) is 3. The second-order valence-corrected chi connectivity index (χ2v) is 8.68. The van der Waals surface area contributed by atoms with Crippen molar-refractivity contribution in [2.45, 2.75) is 43.0 Å². The van der Waals surface area contributed by atoms with Gasteiger partial charge in [0.2, 0.25) is 5.91 Å². The molecule has 0 aliphatic carbocycles. The molecule has 2 saturated heterocycles. The molecule has 0 radical (unpaired) electrons. The third-order valence-electron chi connectivity index (χ3n) is 4.59. The van der Waals surface area contributed by atoms with E-state index in [4.69, 9.17) is 0 Å². The molecule has 2 aliphatic heterocycles. The van der Waals surface area contributed by atoms with E-state index in [1.54, 1.807) is 0 Å². The third-order valence-corrected chi connectivity index (χ3v) is 6.87. The fourth-order valence-electron chi connectivity index (χ4n) is 3.39. The molecule has 0 spiro atoms. The predicted molar refractivity (Wildman–Crippen MR) is 90.3 cm³/mol. The van der Waals surface area contributed by atoms with Crippen molar-refractivity contribution in [2.24, 2.45) is 0 Å². The second-order valence-electron chi connectivity index (χ2n) is 6.42. The van der Waals surface area contributed by atoms with Gasteiger partial charge >= 0.3 is 6.03 Å². The largest absolute Gasteiger partial charge is 0.332 e. The highest BCUT2D eigenvalue weighted by molar-refractivity contribution is 7.92. The lowest BCUT2D eigenvalue weighted by atomic mass is 10.0. The highest BCUT2D eigenvalue weighted by Crippen LogP contribution is 2.28. The summed E-state index contributed by atoms with van der Waals surface area (Å²) >= 11 is 0. The first-order valence-electron chi connectivity index (χ1n) is 8.19. The molecule has 7 nitrogen and oxygen atoms in total. The molecule has 3 N–H and O–H groups in total. The minimum absolute atomic E-state index is 0.0356. The van der Waals surface area contributed by atoms with Crippen LogP contribution >= 0.6 is 0 Å². The maximum absolute atomic E-state index is 12.8. The van der Waals surface area contributed by atoms with E-state index < -0.39 is 15.1 Å². The lowest BCUT2D eigenvalue weighted by molar-refractivity contribution is -0.116. The summed E-state index contributed by atoms with van der Waals surface area (Å²) in [6.07, 6.45) is 1.77. The molecule has 0 aromatic heterocycles. The van der Waals surface area contributed by atoms with Crippen LogP contribution in [0.3, 0.4) is 0 Å². The Labute approximate surface area is 145 Å². The number of hydrogen-bond acceptors (Lipinski definition) is 4. The van der Waals surface area contributed by atoms with Crippen LogP contribution in [0.1, 0.15) is 25.7 Å². The van der Waals surface area contributed by atoms with Crippen molar-refractivity contribution in [3.05, 3.63) is 30.1 Å². The Hall–Kier alpha value is -2.16. The Morgan fingerprint density at radius 2 is 1.92 bits per heavy atom. The van der Waals surface area contributed by atoms with Crippen LogP contribution in [0.4, 0.5) is 14.9 Å². The second kappa shape index (κ2) is 6.99. The van der Waals surface area contributed by atoms with Crippen molar-refractivity contribution in [3.63, 3.8) is 0 Å². The number of urea groups is 1. The number of fused-ring (bicyclic) bond motifs is 1. The molecule has 3 unspecified atom stereocenters. The zero-order valence-corrected chi connectivity index (χ0v) is 14.3. The average Bonchev–Trinajstić information content (AvgIpc) is 2.98. The van der Waals surface area contributed by atoms with Crippen LogP contribution in [0, 0.1) is 5.82 Å². The predicted octanol–water partition coefficient (Wildman–Crippen LogP) is 1.17. The van der Waals surface area contributed by atoms with Crippen LogP contribution in [0.15, 0.2) is 24.3 Å². The van der Waals surface area contributed by atoms with E-state index in [0.29, 0.717) is 24.9 Å². The quantitative estimate of drug-likeness (QED) is 0.517. The van der Waals surface area contributed by atoms with E-state index in [1.807, 2.05) is 0 Å². The monoisotopic (exact) mass is 369 g/mol. The van der Waals surface area contributed by atoms with Gasteiger partial charge in [0.15, 0.2) is 9.84 Å². The van der Waals surface area contributed by atoms with Crippen LogP contribution < -0.4 is 16.0 Å². The van der Waals surface area contributed by atoms with Crippen LogP contribution in [0.2, 0.25) is 0 Å². The maximum atomic E-state index is 12.8. The van der Waals surface area contributed by atoms with E-state index in [-0.39, 0.29) is 42.0 Å². The molecule has 1 aromatic carbocycles. The molecule has 3 rings (SSSR count). The van der Waals surface area contributed by atoms with Crippen molar-refractivity contribution in [3.8, 4) is 0 Å². The maximum Gasteiger partial charge on any atom is 0.315 e. The summed E-state index contributed by atoms with van der Waals surface area (Å²) < 4.78 is 37.2. The smallest absolute Gasteiger partial charge is 0.315 e. The van der Waals surface area contributed by atoms with Crippen LogP contribution in [-0.2, 0) is 14.6 Å². The van der Waals surface area contributed by atoms with Gasteiger partial charge in [-0.3, -0.25) is 4.79 Å². The summed E-state index contributed by atoms with van der Waals surface area (Å²) in [6.45, 7) is 0. The molecule has 0 bridgehead atoms. The fourth-order valence-corrected chi connectivity index (χ4v) is 5.66. The lowest BCUT2D eigenvalue weighted by Gasteiger charge is -2.16. The normalized spacial score (nSPS) is 26.6. The van der Waals surface area contributed by atoms with E-state index in [1.165, 1.54) is 24.3 Å². The number of unbranched alkanes of at least 4 members (excludes halogenated alkanes) is 1. The number of carbonyl (C=O) groups is 2. The Morgan fingerprint density at radius 3 is 2.64 bits per heavy atom. The van der Waals surface area contributed by atoms with E-state index >= 15 is 0 Å². The number of amides is 3. The molecule has 2 heterocycles. The van der Waals surface area contributed by atoms with Gasteiger partial charge < -0.3 is 16.0 Å². The summed E-state index contributed by atoms with van der Waals surface area (Å²) in [6, 6.07) is 4.42. The standard InChI is InChI=1S/C16H20FN3O4S/c17-10-5-7-11(8-6-10)18-14(21)4-2-1-3-13-15-12(9-25(13,23)24)19-16(22)20-15/h5-8,12-13,15H,1-4,9H2,(H,18,21)(H2,19,20,22). The molecule has 25 heavy (non-hydrogen) atoms. The van der Waals surface area contributed by atoms with Crippen LogP contribution in [0.5, 0.6) is 0 Å². The fraction of sp³-hybridized carbons (Fsp3) is 0.500. The molecule has 1 aromatic rings. The molecule has 136 valence electrons. The lowest BCUT2D eigenvalue weighted by Crippen LogP contribution is -2.39. The van der Waals surface area contributed by atoms with Crippen molar-refractivity contribution in [2.75, 3.05) is 11.1 Å². The molecule has 0 saturated carbocycles. The first kappa shape index (κ1) is 17.7. The van der Waals surface area contributed by atoms with Crippen LogP contribution in [-0.4, -0.2) is 43.4 Å². The SMILES string of the molecule is O=C(CCCCC1C2NC(=O)NC2CS1(=O)=O)Nc1ccc(F)cc1. The number of anilines is 1. The van der Waals surface area contributed by atoms with Crippen LogP contribution in [0.25, 0.3) is 0 Å². The van der Waals surface area contributed by atoms with Gasteiger partial charge in [0, 0.05) is 12.1 Å². The Bertz CT molecular complexity index is 766. The number of benzene rings is 1. The average molecular weight is 369 g/mol. The Morgan fingerprint density at radius 1 is 1.20 bits per heavy atom. The topological polar surface area (TPSA) is 104 Å². The van der Waals surface area contributed by atoms with Gasteiger partial charge in [-0.2, -0.15) is 0 Å². The zero-order valence-electron chi connectivity index (χ0n) is 13.5. The zero-order chi connectivity index (χ0) is 18.0. The molecule has 3 atom stereocenters. The van der Waals surface area contributed by atoms with E-state index in [2.05, 4.69) is 16.0 Å². The van der Waals surface area contributed by atoms with Gasteiger partial charge in [0.05, 0.1) is 23.1 Å². The molecule has 2 fully saturated rings. The van der Waals surface area contributed by atoms with Crippen molar-refractivity contribution >= 4 is 27.5 Å². The summed E-state index contributed by atoms with van der Waals surface area (Å²) in [7, 11) is -3.24. The first-order chi connectivity index (χ1) is 11.8. The van der Waals surface area contributed by atoms with Gasteiger partial charge in [-0.25, -0.2) is 17.6 Å². The van der Waals surface area contributed by atoms with Crippen molar-refractivity contribution < 1.29 is 22.4 Å². The highest BCUT2D eigenvalue weighted by Gasteiger charge is 2.51. The van der Waals surface area contributed by atoms with E-state index in [0.717, 1.165) is 0 Å². The highest BCUT2D eigenvalue weighted by atomic mass is 32.2. The minimum Gasteiger partial charge on any atom is -0.332 e. The van der Waals surface area contributed by atoms with Gasteiger partial charge in [-0.05, 0) is 37.1 Å². The number of rotatable bonds is 6. The number of carbonyl (C=O) groups excluding carboxylic acids is 2. The third kappa shape index (κ3) is 4.09. The Kier molecular flexibility index (Phi) is 4.94. The van der Waals surface area contributed by atoms with Crippen molar-refractivity contribution in [1.82, 2.24) is 10.6 Å². The molecular weight excluding hydrogens is 349 g/mol. The Balaban J connectivity index is 1.44. The van der Waals surface area contributed by atoms with Gasteiger partial charge in [0.1, 0.15) is 5.82 Å². The van der Waals surface area contributed by atoms with Gasteiger partial charge in [-0.15, -0.1) is 0 Å². The molecule has 9 heteroatoms. The summed E-state index contributed by atoms with van der Waals surface area (Å²) in [5.41, 5.74) is 0.521. The van der Waals surface area contributed by atoms with E-state index in [9.17, 15) is 22.4 Å². The summed E-state index contributed by atoms with van der Waals surface area (Å²) in [5, 5.41) is 7.36. The number of nitrogens with one attached hydrogen (secondary N) is 3. The first-order valence-corrected chi connectivity index (χ1v) is 9.91. The molecule has 2 aliphatic rings. The minimum atomic E-state index is -3.24. The van der Waals surface area contributed by atoms with Gasteiger partial charge in [0.25, 0.3) is 0 Å². The number of sulfone groups is 1. The van der Waals surface area contributed by atoms with Gasteiger partial charge in [-0.1, -0.05) is 6.42 Å². The summed E-state index contributed by atoms with van der Waals surface area (Å²) in [5.74, 6) is -0.608.